The lowest BCUT2D eigenvalue weighted by Gasteiger charge is -2.15. The highest BCUT2D eigenvalue weighted by molar-refractivity contribution is 5.80. The first-order chi connectivity index (χ1) is 9.51. The number of nitrogens with one attached hydrogen (secondary N) is 1. The number of carboxylic acid groups (broad SMARTS) is 1. The van der Waals surface area contributed by atoms with Crippen LogP contribution in [0.4, 0.5) is 11.4 Å². The van der Waals surface area contributed by atoms with Gasteiger partial charge >= 0.3 is 11.7 Å². The van der Waals surface area contributed by atoms with Gasteiger partial charge in [-0.15, -0.1) is 0 Å². The summed E-state index contributed by atoms with van der Waals surface area (Å²) in [6, 6.07) is 5.03. The average Bonchev–Trinajstić information content (AvgIpc) is 2.42. The summed E-state index contributed by atoms with van der Waals surface area (Å²) in [7, 11) is 0. The maximum atomic E-state index is 11.1. The van der Waals surface area contributed by atoms with E-state index in [1.54, 1.807) is 6.07 Å². The Labute approximate surface area is 116 Å². The predicted octanol–water partition coefficient (Wildman–Crippen LogP) is 2.52. The monoisotopic (exact) mass is 277 g/mol. The largest absolute Gasteiger partial charge is 0.480 e. The Morgan fingerprint density at radius 2 is 2.30 bits per heavy atom. The van der Waals surface area contributed by atoms with Crippen LogP contribution in [0.3, 0.4) is 0 Å². The van der Waals surface area contributed by atoms with Crippen molar-refractivity contribution < 1.29 is 14.8 Å². The number of nitriles is 1. The number of nitro benzene ring substituents is 1. The molecule has 1 atom stereocenters. The van der Waals surface area contributed by atoms with Crippen molar-refractivity contribution in [1.82, 2.24) is 0 Å². The van der Waals surface area contributed by atoms with Crippen LogP contribution in [0.15, 0.2) is 18.2 Å². The number of carboxylic acids is 1. The summed E-state index contributed by atoms with van der Waals surface area (Å²) in [5.41, 5.74) is -0.435. The Kier molecular flexibility index (Phi) is 5.47. The molecule has 0 bridgehead atoms. The number of benzene rings is 1. The predicted molar refractivity (Wildman–Crippen MR) is 72.4 cm³/mol. The number of carbonyl (C=O) groups is 1. The Morgan fingerprint density at radius 1 is 1.60 bits per heavy atom. The molecule has 0 fully saturated rings. The number of unbranched alkanes of at least 4 members (excludes halogenated alkanes) is 1. The van der Waals surface area contributed by atoms with Gasteiger partial charge in [-0.05, 0) is 18.6 Å². The minimum Gasteiger partial charge on any atom is -0.480 e. The quantitative estimate of drug-likeness (QED) is 0.584. The fourth-order valence-corrected chi connectivity index (χ4v) is 1.80. The molecule has 0 saturated carbocycles. The molecule has 7 nitrogen and oxygen atoms in total. The van der Waals surface area contributed by atoms with E-state index in [0.717, 1.165) is 6.42 Å². The van der Waals surface area contributed by atoms with Crippen LogP contribution in [0.25, 0.3) is 0 Å². The normalized spacial score (nSPS) is 11.4. The molecule has 0 amide bonds. The summed E-state index contributed by atoms with van der Waals surface area (Å²) in [4.78, 5) is 21.5. The summed E-state index contributed by atoms with van der Waals surface area (Å²) >= 11 is 0. The number of anilines is 1. The fourth-order valence-electron chi connectivity index (χ4n) is 1.80. The van der Waals surface area contributed by atoms with Gasteiger partial charge in [0, 0.05) is 0 Å². The second-order valence-corrected chi connectivity index (χ2v) is 4.25. The van der Waals surface area contributed by atoms with Gasteiger partial charge in [0.2, 0.25) is 0 Å². The van der Waals surface area contributed by atoms with Gasteiger partial charge < -0.3 is 10.4 Å². The highest BCUT2D eigenvalue weighted by atomic mass is 16.6. The average molecular weight is 277 g/mol. The number of aliphatic carboxylic acids is 1. The van der Waals surface area contributed by atoms with Crippen LogP contribution in [0, 0.1) is 21.4 Å². The van der Waals surface area contributed by atoms with Crippen LogP contribution in [-0.4, -0.2) is 22.0 Å². The highest BCUT2D eigenvalue weighted by Gasteiger charge is 2.24. The molecule has 106 valence electrons. The zero-order chi connectivity index (χ0) is 15.1. The van der Waals surface area contributed by atoms with Crippen LogP contribution in [0.5, 0.6) is 0 Å². The lowest BCUT2D eigenvalue weighted by atomic mass is 10.1. The van der Waals surface area contributed by atoms with Gasteiger partial charge in [0.05, 0.1) is 4.92 Å². The topological polar surface area (TPSA) is 116 Å². The SMILES string of the molecule is CCCCC(Nc1cccc(C#N)c1[N+](=O)[O-])C(=O)O. The van der Waals surface area contributed by atoms with Gasteiger partial charge in [0.1, 0.15) is 23.4 Å². The molecule has 0 aliphatic rings. The molecule has 0 spiro atoms. The third-order valence-corrected chi connectivity index (χ3v) is 2.81. The molecule has 0 aliphatic heterocycles. The number of rotatable bonds is 7. The smallest absolute Gasteiger partial charge is 0.326 e. The van der Waals surface area contributed by atoms with Crippen LogP contribution < -0.4 is 5.32 Å². The Balaban J connectivity index is 3.10. The van der Waals surface area contributed by atoms with Crippen molar-refractivity contribution in [2.45, 2.75) is 32.2 Å². The maximum absolute atomic E-state index is 11.1. The van der Waals surface area contributed by atoms with Crippen molar-refractivity contribution in [3.8, 4) is 6.07 Å². The molecule has 0 heterocycles. The summed E-state index contributed by atoms with van der Waals surface area (Å²) in [5.74, 6) is -1.07. The van der Waals surface area contributed by atoms with E-state index in [-0.39, 0.29) is 11.3 Å². The second kappa shape index (κ2) is 7.09. The molecule has 20 heavy (non-hydrogen) atoms. The highest BCUT2D eigenvalue weighted by Crippen LogP contribution is 2.29. The van der Waals surface area contributed by atoms with Gasteiger partial charge in [0.15, 0.2) is 0 Å². The Bertz CT molecular complexity index is 551. The van der Waals surface area contributed by atoms with E-state index >= 15 is 0 Å². The number of hydrogen-bond acceptors (Lipinski definition) is 5. The molecular weight excluding hydrogens is 262 g/mol. The van der Waals surface area contributed by atoms with E-state index < -0.39 is 22.6 Å². The lowest BCUT2D eigenvalue weighted by molar-refractivity contribution is -0.384. The number of para-hydroxylation sites is 1. The van der Waals surface area contributed by atoms with Crippen LogP contribution >= 0.6 is 0 Å². The Morgan fingerprint density at radius 3 is 2.80 bits per heavy atom. The standard InChI is InChI=1S/C13H15N3O4/c1-2-3-6-11(13(17)18)15-10-7-4-5-9(8-14)12(10)16(19)20/h4-5,7,11,15H,2-3,6H2,1H3,(H,17,18). The molecule has 2 N–H and O–H groups in total. The van der Waals surface area contributed by atoms with Gasteiger partial charge in [-0.2, -0.15) is 5.26 Å². The Hall–Kier alpha value is -2.62. The van der Waals surface area contributed by atoms with E-state index in [1.807, 2.05) is 6.92 Å². The first kappa shape index (κ1) is 15.4. The summed E-state index contributed by atoms with van der Waals surface area (Å²) in [6.45, 7) is 1.93. The van der Waals surface area contributed by atoms with Crippen molar-refractivity contribution >= 4 is 17.3 Å². The fraction of sp³-hybridized carbons (Fsp3) is 0.385. The summed E-state index contributed by atoms with van der Waals surface area (Å²) < 4.78 is 0. The van der Waals surface area contributed by atoms with E-state index in [2.05, 4.69) is 5.32 Å². The minimum atomic E-state index is -1.07. The molecule has 0 aromatic heterocycles. The maximum Gasteiger partial charge on any atom is 0.326 e. The molecule has 1 aromatic carbocycles. The van der Waals surface area contributed by atoms with Crippen LogP contribution in [-0.2, 0) is 4.79 Å². The zero-order valence-electron chi connectivity index (χ0n) is 11.0. The van der Waals surface area contributed by atoms with Crippen molar-refractivity contribution in [1.29, 1.82) is 5.26 Å². The number of hydrogen-bond donors (Lipinski definition) is 2. The van der Waals surface area contributed by atoms with E-state index in [0.29, 0.717) is 12.8 Å². The first-order valence-corrected chi connectivity index (χ1v) is 6.18. The van der Waals surface area contributed by atoms with Crippen molar-refractivity contribution in [3.63, 3.8) is 0 Å². The second-order valence-electron chi connectivity index (χ2n) is 4.25. The van der Waals surface area contributed by atoms with Crippen molar-refractivity contribution in [3.05, 3.63) is 33.9 Å². The third kappa shape index (κ3) is 3.68. The molecule has 1 unspecified atom stereocenters. The molecular formula is C13H15N3O4. The molecule has 0 radical (unpaired) electrons. The van der Waals surface area contributed by atoms with E-state index in [1.165, 1.54) is 18.2 Å². The van der Waals surface area contributed by atoms with Crippen molar-refractivity contribution in [2.24, 2.45) is 0 Å². The lowest BCUT2D eigenvalue weighted by Crippen LogP contribution is -2.29. The van der Waals surface area contributed by atoms with Gasteiger partial charge in [-0.1, -0.05) is 25.8 Å². The molecule has 1 rings (SSSR count). The van der Waals surface area contributed by atoms with Gasteiger partial charge in [0.25, 0.3) is 0 Å². The molecule has 0 saturated heterocycles. The van der Waals surface area contributed by atoms with E-state index in [9.17, 15) is 14.9 Å². The third-order valence-electron chi connectivity index (χ3n) is 2.81. The zero-order valence-corrected chi connectivity index (χ0v) is 11.0. The van der Waals surface area contributed by atoms with E-state index in [4.69, 9.17) is 10.4 Å². The molecule has 1 aromatic rings. The summed E-state index contributed by atoms with van der Waals surface area (Å²) in [5, 5.41) is 31.7. The van der Waals surface area contributed by atoms with Crippen LogP contribution in [0.2, 0.25) is 0 Å². The molecule has 7 heteroatoms. The number of nitrogens with zero attached hydrogens (tertiary/aromatic N) is 2. The molecule has 0 aliphatic carbocycles. The number of nitro groups is 1. The van der Waals surface area contributed by atoms with Gasteiger partial charge in [-0.25, -0.2) is 4.79 Å². The summed E-state index contributed by atoms with van der Waals surface area (Å²) in [6.07, 6.45) is 1.88. The van der Waals surface area contributed by atoms with Crippen molar-refractivity contribution in [2.75, 3.05) is 5.32 Å². The van der Waals surface area contributed by atoms with Crippen LogP contribution in [0.1, 0.15) is 31.7 Å². The van der Waals surface area contributed by atoms with Gasteiger partial charge in [-0.3, -0.25) is 10.1 Å². The minimum absolute atomic E-state index is 0.0533. The first-order valence-electron chi connectivity index (χ1n) is 6.18.